The standard InChI is InChI=1S/C26H34FN2O2/c1-25-13-11-19(30)15-17(25)5-8-20-21-9-10-23(26(21,2)14-12-22(20)25)28-29-24(31)16-3-6-18(27)7-4-16/h3-4,6-7,15,17,19-22,30H,5,8-14H2,1-2H3,(H,29,31)/b28-23+. The summed E-state index contributed by atoms with van der Waals surface area (Å²) in [5.41, 5.74) is 4.67. The highest BCUT2D eigenvalue weighted by atomic mass is 19.1. The number of hydrogen-bond donors (Lipinski definition) is 2. The van der Waals surface area contributed by atoms with E-state index in [0.717, 1.165) is 43.7 Å². The van der Waals surface area contributed by atoms with Gasteiger partial charge in [0.15, 0.2) is 0 Å². The first kappa shape index (κ1) is 21.1. The van der Waals surface area contributed by atoms with Crippen LogP contribution < -0.4 is 5.43 Å². The zero-order valence-corrected chi connectivity index (χ0v) is 18.6. The molecule has 0 aromatic heterocycles. The Balaban J connectivity index is 1.32. The third kappa shape index (κ3) is 3.44. The lowest BCUT2D eigenvalue weighted by Crippen LogP contribution is -2.54. The number of aliphatic hydroxyl groups excluding tert-OH is 1. The average molecular weight is 426 g/mol. The Labute approximate surface area is 184 Å². The Morgan fingerprint density at radius 1 is 1.06 bits per heavy atom. The predicted octanol–water partition coefficient (Wildman–Crippen LogP) is 5.13. The van der Waals surface area contributed by atoms with E-state index >= 15 is 0 Å². The number of hydrogen-bond acceptors (Lipinski definition) is 3. The Morgan fingerprint density at radius 2 is 1.84 bits per heavy atom. The van der Waals surface area contributed by atoms with Gasteiger partial charge in [0.05, 0.1) is 6.10 Å². The molecule has 7 atom stereocenters. The topological polar surface area (TPSA) is 61.7 Å². The molecule has 5 rings (SSSR count). The van der Waals surface area contributed by atoms with Crippen molar-refractivity contribution in [3.8, 4) is 0 Å². The van der Waals surface area contributed by atoms with Gasteiger partial charge in [-0.15, -0.1) is 0 Å². The van der Waals surface area contributed by atoms with Crippen LogP contribution in [0.5, 0.6) is 0 Å². The summed E-state index contributed by atoms with van der Waals surface area (Å²) < 4.78 is 13.1. The molecule has 1 radical (unpaired) electrons. The van der Waals surface area contributed by atoms with Crippen molar-refractivity contribution in [2.75, 3.05) is 0 Å². The summed E-state index contributed by atoms with van der Waals surface area (Å²) in [6.45, 7) is 4.83. The molecular weight excluding hydrogens is 391 g/mol. The third-order valence-corrected chi connectivity index (χ3v) is 9.52. The number of amides is 1. The lowest BCUT2D eigenvalue weighted by Gasteiger charge is -2.60. The summed E-state index contributed by atoms with van der Waals surface area (Å²) >= 11 is 0. The first-order chi connectivity index (χ1) is 14.8. The Hall–Kier alpha value is -1.75. The monoisotopic (exact) mass is 425 g/mol. The molecule has 0 saturated heterocycles. The number of fused-ring (bicyclic) bond motifs is 5. The van der Waals surface area contributed by atoms with E-state index in [1.165, 1.54) is 43.5 Å². The van der Waals surface area contributed by atoms with Crippen molar-refractivity contribution in [1.29, 1.82) is 0 Å². The molecule has 0 spiro atoms. The molecule has 0 aliphatic heterocycles. The van der Waals surface area contributed by atoms with E-state index in [1.54, 1.807) is 0 Å². The third-order valence-electron chi connectivity index (χ3n) is 9.52. The van der Waals surface area contributed by atoms with Crippen LogP contribution in [0.2, 0.25) is 0 Å². The molecule has 1 aromatic carbocycles. The Morgan fingerprint density at radius 3 is 2.61 bits per heavy atom. The van der Waals surface area contributed by atoms with Gasteiger partial charge in [0.2, 0.25) is 0 Å². The molecule has 4 saturated carbocycles. The van der Waals surface area contributed by atoms with Gasteiger partial charge in [-0.2, -0.15) is 5.10 Å². The van der Waals surface area contributed by atoms with E-state index in [9.17, 15) is 14.3 Å². The molecule has 4 nitrogen and oxygen atoms in total. The van der Waals surface area contributed by atoms with Crippen LogP contribution in [-0.2, 0) is 0 Å². The smallest absolute Gasteiger partial charge is 0.271 e. The molecule has 5 heteroatoms. The maximum absolute atomic E-state index is 13.1. The molecule has 4 aliphatic rings. The molecule has 0 heterocycles. The van der Waals surface area contributed by atoms with Gasteiger partial charge in [0, 0.05) is 16.7 Å². The van der Waals surface area contributed by atoms with Crippen LogP contribution in [0.15, 0.2) is 29.4 Å². The number of benzene rings is 1. The van der Waals surface area contributed by atoms with Crippen molar-refractivity contribution in [2.45, 2.75) is 71.3 Å². The highest BCUT2D eigenvalue weighted by Crippen LogP contribution is 2.65. The normalized spacial score (nSPS) is 43.1. The lowest BCUT2D eigenvalue weighted by atomic mass is 9.45. The van der Waals surface area contributed by atoms with E-state index in [-0.39, 0.29) is 23.2 Å². The van der Waals surface area contributed by atoms with Crippen LogP contribution >= 0.6 is 0 Å². The minimum absolute atomic E-state index is 0.0539. The number of rotatable bonds is 2. The Bertz CT molecular complexity index is 884. The van der Waals surface area contributed by atoms with Gasteiger partial charge in [0.25, 0.3) is 5.91 Å². The SMILES string of the molecule is CC12CCC3C(CCC4[CH]C(O)CCC43C)C1CC/C2=N\NC(=O)c1ccc(F)cc1. The van der Waals surface area contributed by atoms with Crippen molar-refractivity contribution in [2.24, 2.45) is 39.6 Å². The van der Waals surface area contributed by atoms with Gasteiger partial charge < -0.3 is 5.11 Å². The van der Waals surface area contributed by atoms with Crippen LogP contribution in [0, 0.1) is 46.7 Å². The number of nitrogens with zero attached hydrogens (tertiary/aromatic N) is 1. The highest BCUT2D eigenvalue weighted by Gasteiger charge is 2.59. The minimum atomic E-state index is -0.348. The zero-order valence-electron chi connectivity index (χ0n) is 18.6. The number of nitrogens with one attached hydrogen (secondary N) is 1. The van der Waals surface area contributed by atoms with Gasteiger partial charge in [-0.1, -0.05) is 13.8 Å². The summed E-state index contributed by atoms with van der Waals surface area (Å²) in [5.74, 6) is 1.98. The first-order valence-corrected chi connectivity index (χ1v) is 12.0. The van der Waals surface area contributed by atoms with Crippen molar-refractivity contribution in [1.82, 2.24) is 5.43 Å². The molecule has 4 fully saturated rings. The zero-order chi connectivity index (χ0) is 21.8. The maximum atomic E-state index is 13.1. The first-order valence-electron chi connectivity index (χ1n) is 12.0. The molecule has 167 valence electrons. The molecule has 2 N–H and O–H groups in total. The lowest BCUT2D eigenvalue weighted by molar-refractivity contribution is -0.0926. The number of carbonyl (C=O) groups excluding carboxylic acids is 1. The number of hydrazone groups is 1. The summed E-state index contributed by atoms with van der Waals surface area (Å²) in [6, 6.07) is 5.59. The van der Waals surface area contributed by atoms with Gasteiger partial charge in [0.1, 0.15) is 5.82 Å². The molecule has 31 heavy (non-hydrogen) atoms. The summed E-state index contributed by atoms with van der Waals surface area (Å²) in [6.07, 6.45) is 10.9. The fourth-order valence-corrected chi connectivity index (χ4v) is 7.75. The average Bonchev–Trinajstić information content (AvgIpc) is 3.09. The van der Waals surface area contributed by atoms with Crippen molar-refractivity contribution in [3.05, 3.63) is 42.1 Å². The van der Waals surface area contributed by atoms with Crippen LogP contribution in [0.3, 0.4) is 0 Å². The van der Waals surface area contributed by atoms with Crippen molar-refractivity contribution >= 4 is 11.6 Å². The molecular formula is C26H34FN2O2. The van der Waals surface area contributed by atoms with E-state index in [1.807, 2.05) is 0 Å². The Kier molecular flexibility index (Phi) is 5.23. The van der Waals surface area contributed by atoms with Crippen LogP contribution in [-0.4, -0.2) is 22.8 Å². The largest absolute Gasteiger partial charge is 0.393 e. The van der Waals surface area contributed by atoms with E-state index in [4.69, 9.17) is 0 Å². The van der Waals surface area contributed by atoms with E-state index < -0.39 is 0 Å². The number of aliphatic hydroxyl groups is 1. The summed E-state index contributed by atoms with van der Waals surface area (Å²) in [7, 11) is 0. The predicted molar refractivity (Wildman–Crippen MR) is 119 cm³/mol. The number of halogens is 1. The van der Waals surface area contributed by atoms with Gasteiger partial charge >= 0.3 is 0 Å². The summed E-state index contributed by atoms with van der Waals surface area (Å²) in [5, 5.41) is 14.8. The fraction of sp³-hybridized carbons (Fsp3) is 0.654. The second-order valence-corrected chi connectivity index (χ2v) is 10.9. The van der Waals surface area contributed by atoms with Crippen LogP contribution in [0.1, 0.15) is 75.6 Å². The van der Waals surface area contributed by atoms with Crippen molar-refractivity contribution in [3.63, 3.8) is 0 Å². The quantitative estimate of drug-likeness (QED) is 0.646. The van der Waals surface area contributed by atoms with Gasteiger partial charge in [-0.3, -0.25) is 4.79 Å². The minimum Gasteiger partial charge on any atom is -0.393 e. The van der Waals surface area contributed by atoms with Crippen molar-refractivity contribution < 1.29 is 14.3 Å². The van der Waals surface area contributed by atoms with Gasteiger partial charge in [-0.25, -0.2) is 9.82 Å². The fourth-order valence-electron chi connectivity index (χ4n) is 7.75. The second kappa shape index (κ2) is 7.68. The van der Waals surface area contributed by atoms with Gasteiger partial charge in [-0.05, 0) is 111 Å². The van der Waals surface area contributed by atoms with Crippen LogP contribution in [0.25, 0.3) is 0 Å². The second-order valence-electron chi connectivity index (χ2n) is 10.9. The highest BCUT2D eigenvalue weighted by molar-refractivity contribution is 5.97. The van der Waals surface area contributed by atoms with E-state index in [2.05, 4.69) is 30.8 Å². The molecule has 1 aromatic rings. The summed E-state index contributed by atoms with van der Waals surface area (Å²) in [4.78, 5) is 12.5. The molecule has 1 amide bonds. The molecule has 7 unspecified atom stereocenters. The number of carbonyl (C=O) groups is 1. The molecule has 4 aliphatic carbocycles. The maximum Gasteiger partial charge on any atom is 0.271 e. The van der Waals surface area contributed by atoms with Crippen LogP contribution in [0.4, 0.5) is 4.39 Å². The molecule has 0 bridgehead atoms. The van der Waals surface area contributed by atoms with E-state index in [0.29, 0.717) is 28.7 Å².